The summed E-state index contributed by atoms with van der Waals surface area (Å²) in [5.74, 6) is 0.457. The Balaban J connectivity index is 1.42. The van der Waals surface area contributed by atoms with E-state index in [1.165, 1.54) is 24.2 Å². The highest BCUT2D eigenvalue weighted by atomic mass is 35.5. The van der Waals surface area contributed by atoms with E-state index in [1.807, 2.05) is 12.1 Å². The first kappa shape index (κ1) is 18.4. The van der Waals surface area contributed by atoms with Crippen LogP contribution < -0.4 is 10.2 Å². The van der Waals surface area contributed by atoms with Crippen molar-refractivity contribution in [1.82, 2.24) is 5.32 Å². The van der Waals surface area contributed by atoms with Crippen molar-refractivity contribution < 1.29 is 14.5 Å². The van der Waals surface area contributed by atoms with Crippen molar-refractivity contribution in [3.63, 3.8) is 0 Å². The molecule has 1 saturated carbocycles. The summed E-state index contributed by atoms with van der Waals surface area (Å²) >= 11 is 5.89. The average molecular weight is 364 g/mol. The van der Waals surface area contributed by atoms with E-state index in [4.69, 9.17) is 11.6 Å². The first-order valence-corrected chi connectivity index (χ1v) is 9.92. The van der Waals surface area contributed by atoms with Crippen molar-refractivity contribution in [3.05, 3.63) is 34.9 Å². The predicted octanol–water partition coefficient (Wildman–Crippen LogP) is 2.27. The van der Waals surface area contributed by atoms with Gasteiger partial charge in [-0.25, -0.2) is 0 Å². The maximum absolute atomic E-state index is 12.6. The number of quaternary nitrogens is 1. The molecule has 0 unspecified atom stereocenters. The second-order valence-corrected chi connectivity index (χ2v) is 7.91. The monoisotopic (exact) mass is 363 g/mol. The largest absolute Gasteiger partial charge is 0.348 e. The van der Waals surface area contributed by atoms with E-state index >= 15 is 0 Å². The van der Waals surface area contributed by atoms with Gasteiger partial charge in [-0.05, 0) is 37.1 Å². The molecule has 0 atom stereocenters. The quantitative estimate of drug-likeness (QED) is 0.788. The van der Waals surface area contributed by atoms with Gasteiger partial charge >= 0.3 is 0 Å². The number of hydrogen-bond acceptors (Lipinski definition) is 2. The number of piperidine rings is 1. The maximum atomic E-state index is 12.6. The smallest absolute Gasteiger partial charge is 0.275 e. The summed E-state index contributed by atoms with van der Waals surface area (Å²) in [6, 6.07) is 7.53. The van der Waals surface area contributed by atoms with Crippen LogP contribution in [0.2, 0.25) is 5.02 Å². The molecule has 0 aromatic heterocycles. The Bertz CT molecular complexity index is 588. The SMILES string of the molecule is O=C(C[NH+]1CCC(C(=O)c2ccc(Cl)cc2)CC1)NC1CCCCC1. The highest BCUT2D eigenvalue weighted by Gasteiger charge is 2.29. The number of halogens is 1. The molecule has 0 bridgehead atoms. The summed E-state index contributed by atoms with van der Waals surface area (Å²) in [4.78, 5) is 26.1. The second kappa shape index (κ2) is 8.81. The van der Waals surface area contributed by atoms with Gasteiger partial charge in [0.2, 0.25) is 0 Å². The van der Waals surface area contributed by atoms with Gasteiger partial charge in [0.15, 0.2) is 12.3 Å². The summed E-state index contributed by atoms with van der Waals surface area (Å²) < 4.78 is 0. The van der Waals surface area contributed by atoms with Crippen LogP contribution in [0.1, 0.15) is 55.3 Å². The minimum absolute atomic E-state index is 0.0753. The normalized spacial score (nSPS) is 24.7. The van der Waals surface area contributed by atoms with Crippen LogP contribution in [-0.4, -0.2) is 37.4 Å². The summed E-state index contributed by atoms with van der Waals surface area (Å²) in [5, 5.41) is 3.84. The van der Waals surface area contributed by atoms with Crippen LogP contribution in [0.25, 0.3) is 0 Å². The van der Waals surface area contributed by atoms with Gasteiger partial charge < -0.3 is 10.2 Å². The fourth-order valence-corrected chi connectivity index (χ4v) is 4.19. The van der Waals surface area contributed by atoms with Crippen molar-refractivity contribution in [2.75, 3.05) is 19.6 Å². The summed E-state index contributed by atoms with van der Waals surface area (Å²) in [5.41, 5.74) is 0.743. The van der Waals surface area contributed by atoms with Crippen LogP contribution in [0.15, 0.2) is 24.3 Å². The predicted molar refractivity (Wildman–Crippen MR) is 99.1 cm³/mol. The molecular formula is C20H28ClN2O2+. The fraction of sp³-hybridized carbons (Fsp3) is 0.600. The Labute approximate surface area is 154 Å². The van der Waals surface area contributed by atoms with Crippen LogP contribution in [0, 0.1) is 5.92 Å². The molecule has 1 saturated heterocycles. The van der Waals surface area contributed by atoms with Gasteiger partial charge in [-0.2, -0.15) is 0 Å². The van der Waals surface area contributed by atoms with E-state index < -0.39 is 0 Å². The molecular weight excluding hydrogens is 336 g/mol. The molecule has 136 valence electrons. The number of ketones is 1. The molecule has 1 heterocycles. The molecule has 1 amide bonds. The van der Waals surface area contributed by atoms with Crippen molar-refractivity contribution in [1.29, 1.82) is 0 Å². The van der Waals surface area contributed by atoms with E-state index in [-0.39, 0.29) is 17.6 Å². The molecule has 2 N–H and O–H groups in total. The van der Waals surface area contributed by atoms with Crippen LogP contribution >= 0.6 is 11.6 Å². The molecule has 25 heavy (non-hydrogen) atoms. The van der Waals surface area contributed by atoms with Crippen LogP contribution in [-0.2, 0) is 4.79 Å². The van der Waals surface area contributed by atoms with E-state index in [2.05, 4.69) is 5.32 Å². The number of rotatable bonds is 5. The van der Waals surface area contributed by atoms with Crippen molar-refractivity contribution in [2.45, 2.75) is 51.0 Å². The zero-order valence-corrected chi connectivity index (χ0v) is 15.5. The Morgan fingerprint density at radius 2 is 1.64 bits per heavy atom. The molecule has 1 aromatic carbocycles. The summed E-state index contributed by atoms with van der Waals surface area (Å²) in [6.07, 6.45) is 7.72. The van der Waals surface area contributed by atoms with E-state index in [0.29, 0.717) is 17.6 Å². The number of Topliss-reactive ketones (excluding diaryl/α,β-unsaturated/α-hetero) is 1. The van der Waals surface area contributed by atoms with Gasteiger partial charge in [-0.1, -0.05) is 30.9 Å². The summed E-state index contributed by atoms with van der Waals surface area (Å²) in [6.45, 7) is 2.32. The maximum Gasteiger partial charge on any atom is 0.275 e. The molecule has 1 aliphatic carbocycles. The van der Waals surface area contributed by atoms with Gasteiger partial charge in [0.1, 0.15) is 0 Å². The zero-order chi connectivity index (χ0) is 17.6. The molecule has 0 radical (unpaired) electrons. The molecule has 2 aliphatic rings. The standard InChI is InChI=1S/C20H27ClN2O2/c21-17-8-6-15(7-9-17)20(25)16-10-12-23(13-11-16)14-19(24)22-18-4-2-1-3-5-18/h6-9,16,18H,1-5,10-14H2,(H,22,24)/p+1. The number of likely N-dealkylation sites (tertiary alicyclic amines) is 1. The third-order valence-corrected chi connectivity index (χ3v) is 5.83. The highest BCUT2D eigenvalue weighted by Crippen LogP contribution is 2.19. The molecule has 1 aliphatic heterocycles. The van der Waals surface area contributed by atoms with Gasteiger partial charge in [-0.3, -0.25) is 9.59 Å². The van der Waals surface area contributed by atoms with Crippen molar-refractivity contribution >= 4 is 23.3 Å². The van der Waals surface area contributed by atoms with Gasteiger partial charge in [0.25, 0.3) is 5.91 Å². The Morgan fingerprint density at radius 1 is 1.00 bits per heavy atom. The Kier molecular flexibility index (Phi) is 6.49. The first-order chi connectivity index (χ1) is 12.1. The van der Waals surface area contributed by atoms with Crippen LogP contribution in [0.5, 0.6) is 0 Å². The summed E-state index contributed by atoms with van der Waals surface area (Å²) in [7, 11) is 0. The minimum atomic E-state index is 0.0753. The first-order valence-electron chi connectivity index (χ1n) is 9.54. The number of amides is 1. The third-order valence-electron chi connectivity index (χ3n) is 5.57. The Morgan fingerprint density at radius 3 is 2.28 bits per heavy atom. The number of benzene rings is 1. The molecule has 4 nitrogen and oxygen atoms in total. The van der Waals surface area contributed by atoms with E-state index in [1.54, 1.807) is 12.1 Å². The Hall–Kier alpha value is -1.39. The lowest BCUT2D eigenvalue weighted by Gasteiger charge is -2.29. The van der Waals surface area contributed by atoms with Crippen LogP contribution in [0.4, 0.5) is 0 Å². The molecule has 0 spiro atoms. The molecule has 1 aromatic rings. The lowest BCUT2D eigenvalue weighted by Crippen LogP contribution is -3.14. The van der Waals surface area contributed by atoms with Crippen molar-refractivity contribution in [2.24, 2.45) is 5.92 Å². The average Bonchev–Trinajstić information content (AvgIpc) is 2.63. The topological polar surface area (TPSA) is 50.6 Å². The number of hydrogen-bond donors (Lipinski definition) is 2. The fourth-order valence-electron chi connectivity index (χ4n) is 4.07. The van der Waals surface area contributed by atoms with Gasteiger partial charge in [0, 0.05) is 35.4 Å². The third kappa shape index (κ3) is 5.29. The van der Waals surface area contributed by atoms with E-state index in [0.717, 1.165) is 44.3 Å². The number of nitrogens with one attached hydrogen (secondary N) is 2. The number of carbonyl (C=O) groups is 2. The van der Waals surface area contributed by atoms with Crippen molar-refractivity contribution in [3.8, 4) is 0 Å². The highest BCUT2D eigenvalue weighted by molar-refractivity contribution is 6.30. The number of carbonyl (C=O) groups excluding carboxylic acids is 2. The van der Waals surface area contributed by atoms with Crippen LogP contribution in [0.3, 0.4) is 0 Å². The lowest BCUT2D eigenvalue weighted by atomic mass is 9.89. The zero-order valence-electron chi connectivity index (χ0n) is 14.7. The lowest BCUT2D eigenvalue weighted by molar-refractivity contribution is -0.897. The van der Waals surface area contributed by atoms with E-state index in [9.17, 15) is 9.59 Å². The molecule has 2 fully saturated rings. The minimum Gasteiger partial charge on any atom is -0.348 e. The second-order valence-electron chi connectivity index (χ2n) is 7.47. The molecule has 3 rings (SSSR count). The van der Waals surface area contributed by atoms with Gasteiger partial charge in [-0.15, -0.1) is 0 Å². The molecule has 5 heteroatoms. The van der Waals surface area contributed by atoms with Gasteiger partial charge in [0.05, 0.1) is 13.1 Å².